The summed E-state index contributed by atoms with van der Waals surface area (Å²) in [6.45, 7) is 0. The third-order valence-corrected chi connectivity index (χ3v) is 3.08. The molecule has 0 fully saturated rings. The van der Waals surface area contributed by atoms with Crippen molar-refractivity contribution >= 4 is 23.3 Å². The molecule has 0 atom stereocenters. The monoisotopic (exact) mass is 232 g/mol. The standard InChI is InChI=1S/C11H12N4S/c12-9-3-1-2-8(6-9)7-16-11-10(13)14-4-5-15-11/h1-6H,7,12H2,(H2,13,14). The van der Waals surface area contributed by atoms with Crippen LogP contribution in [-0.2, 0) is 5.75 Å². The van der Waals surface area contributed by atoms with Crippen LogP contribution in [-0.4, -0.2) is 9.97 Å². The Hall–Kier alpha value is -1.75. The lowest BCUT2D eigenvalue weighted by atomic mass is 10.2. The number of hydrogen-bond donors (Lipinski definition) is 2. The van der Waals surface area contributed by atoms with E-state index in [0.29, 0.717) is 5.82 Å². The van der Waals surface area contributed by atoms with Gasteiger partial charge in [0.25, 0.3) is 0 Å². The Morgan fingerprint density at radius 2 is 1.94 bits per heavy atom. The van der Waals surface area contributed by atoms with Crippen LogP contribution >= 0.6 is 11.8 Å². The Morgan fingerprint density at radius 1 is 1.12 bits per heavy atom. The molecular weight excluding hydrogens is 220 g/mol. The van der Waals surface area contributed by atoms with E-state index in [4.69, 9.17) is 11.5 Å². The highest BCUT2D eigenvalue weighted by atomic mass is 32.2. The number of hydrogen-bond acceptors (Lipinski definition) is 5. The third-order valence-electron chi connectivity index (χ3n) is 2.02. The zero-order valence-electron chi connectivity index (χ0n) is 8.63. The van der Waals surface area contributed by atoms with E-state index in [2.05, 4.69) is 9.97 Å². The topological polar surface area (TPSA) is 77.8 Å². The minimum atomic E-state index is 0.469. The van der Waals surface area contributed by atoms with Gasteiger partial charge in [-0.1, -0.05) is 23.9 Å². The van der Waals surface area contributed by atoms with Crippen molar-refractivity contribution in [1.82, 2.24) is 9.97 Å². The average molecular weight is 232 g/mol. The molecule has 0 spiro atoms. The number of aromatic nitrogens is 2. The molecule has 0 aliphatic carbocycles. The van der Waals surface area contributed by atoms with Gasteiger partial charge in [-0.2, -0.15) is 0 Å². The minimum Gasteiger partial charge on any atom is -0.399 e. The largest absolute Gasteiger partial charge is 0.399 e. The highest BCUT2D eigenvalue weighted by Crippen LogP contribution is 2.24. The van der Waals surface area contributed by atoms with Crippen LogP contribution in [0.15, 0.2) is 41.7 Å². The number of thioether (sulfide) groups is 1. The SMILES string of the molecule is Nc1cccc(CSc2nccnc2N)c1. The first-order valence-corrected chi connectivity index (χ1v) is 5.78. The fourth-order valence-corrected chi connectivity index (χ4v) is 2.10. The maximum absolute atomic E-state index is 5.70. The summed E-state index contributed by atoms with van der Waals surface area (Å²) in [5.41, 5.74) is 13.3. The summed E-state index contributed by atoms with van der Waals surface area (Å²) in [4.78, 5) is 8.14. The van der Waals surface area contributed by atoms with Crippen LogP contribution in [0.5, 0.6) is 0 Å². The van der Waals surface area contributed by atoms with Crippen molar-refractivity contribution in [2.45, 2.75) is 10.8 Å². The normalized spacial score (nSPS) is 10.2. The predicted octanol–water partition coefficient (Wildman–Crippen LogP) is 1.93. The van der Waals surface area contributed by atoms with E-state index in [1.54, 1.807) is 24.2 Å². The van der Waals surface area contributed by atoms with Gasteiger partial charge in [-0.25, -0.2) is 9.97 Å². The molecule has 1 aromatic carbocycles. The molecule has 1 heterocycles. The van der Waals surface area contributed by atoms with Crippen molar-refractivity contribution in [1.29, 1.82) is 0 Å². The molecule has 0 amide bonds. The molecule has 16 heavy (non-hydrogen) atoms. The van der Waals surface area contributed by atoms with E-state index in [-0.39, 0.29) is 0 Å². The van der Waals surface area contributed by atoms with Gasteiger partial charge >= 0.3 is 0 Å². The lowest BCUT2D eigenvalue weighted by molar-refractivity contribution is 1.07. The molecule has 1 aromatic heterocycles. The van der Waals surface area contributed by atoms with Crippen molar-refractivity contribution in [3.63, 3.8) is 0 Å². The second-order valence-corrected chi connectivity index (χ2v) is 4.24. The van der Waals surface area contributed by atoms with E-state index >= 15 is 0 Å². The molecule has 0 aliphatic rings. The predicted molar refractivity (Wildman–Crippen MR) is 66.9 cm³/mol. The van der Waals surface area contributed by atoms with Crippen LogP contribution in [0, 0.1) is 0 Å². The number of rotatable bonds is 3. The zero-order chi connectivity index (χ0) is 11.4. The third kappa shape index (κ3) is 2.64. The van der Waals surface area contributed by atoms with Gasteiger partial charge in [-0.3, -0.25) is 0 Å². The van der Waals surface area contributed by atoms with Crippen molar-refractivity contribution in [3.8, 4) is 0 Å². The Balaban J connectivity index is 2.05. The molecule has 5 heteroatoms. The van der Waals surface area contributed by atoms with Crippen molar-refractivity contribution in [2.24, 2.45) is 0 Å². The number of nitrogens with zero attached hydrogens (tertiary/aromatic N) is 2. The first-order valence-electron chi connectivity index (χ1n) is 4.79. The van der Waals surface area contributed by atoms with Gasteiger partial charge in [-0.05, 0) is 17.7 Å². The van der Waals surface area contributed by atoms with Gasteiger partial charge in [0.15, 0.2) is 5.82 Å². The van der Waals surface area contributed by atoms with Gasteiger partial charge in [-0.15, -0.1) is 0 Å². The van der Waals surface area contributed by atoms with Crippen LogP contribution in [0.2, 0.25) is 0 Å². The van der Waals surface area contributed by atoms with Crippen LogP contribution in [0.25, 0.3) is 0 Å². The molecule has 0 unspecified atom stereocenters. The smallest absolute Gasteiger partial charge is 0.156 e. The van der Waals surface area contributed by atoms with Gasteiger partial charge in [0.2, 0.25) is 0 Å². The van der Waals surface area contributed by atoms with Crippen molar-refractivity contribution in [3.05, 3.63) is 42.2 Å². The van der Waals surface area contributed by atoms with Gasteiger partial charge in [0.05, 0.1) is 0 Å². The van der Waals surface area contributed by atoms with E-state index in [1.165, 1.54) is 0 Å². The van der Waals surface area contributed by atoms with E-state index < -0.39 is 0 Å². The molecule has 0 saturated carbocycles. The molecule has 82 valence electrons. The van der Waals surface area contributed by atoms with Crippen LogP contribution < -0.4 is 11.5 Å². The fraction of sp³-hybridized carbons (Fsp3) is 0.0909. The Labute approximate surface area is 98.1 Å². The van der Waals surface area contributed by atoms with Crippen LogP contribution in [0.4, 0.5) is 11.5 Å². The van der Waals surface area contributed by atoms with E-state index in [0.717, 1.165) is 22.0 Å². The molecule has 2 rings (SSSR count). The molecule has 4 nitrogen and oxygen atoms in total. The van der Waals surface area contributed by atoms with Gasteiger partial charge in [0, 0.05) is 23.8 Å². The number of anilines is 2. The number of nitrogens with two attached hydrogens (primary N) is 2. The molecule has 4 N–H and O–H groups in total. The summed E-state index contributed by atoms with van der Waals surface area (Å²) < 4.78 is 0. The Kier molecular flexibility index (Phi) is 3.26. The van der Waals surface area contributed by atoms with E-state index in [1.807, 2.05) is 24.3 Å². The zero-order valence-corrected chi connectivity index (χ0v) is 9.45. The van der Waals surface area contributed by atoms with Crippen molar-refractivity contribution < 1.29 is 0 Å². The van der Waals surface area contributed by atoms with Crippen molar-refractivity contribution in [2.75, 3.05) is 11.5 Å². The van der Waals surface area contributed by atoms with Gasteiger partial charge in [0.1, 0.15) is 5.03 Å². The minimum absolute atomic E-state index is 0.469. The summed E-state index contributed by atoms with van der Waals surface area (Å²) in [5.74, 6) is 1.25. The summed E-state index contributed by atoms with van der Waals surface area (Å²) in [6, 6.07) is 7.77. The number of nitrogen functional groups attached to an aromatic ring is 2. The quantitative estimate of drug-likeness (QED) is 0.624. The molecule has 0 saturated heterocycles. The first kappa shape index (κ1) is 10.8. The number of benzene rings is 1. The molecule has 0 bridgehead atoms. The average Bonchev–Trinajstić information content (AvgIpc) is 2.28. The Bertz CT molecular complexity index is 487. The van der Waals surface area contributed by atoms with Gasteiger partial charge < -0.3 is 11.5 Å². The highest BCUT2D eigenvalue weighted by molar-refractivity contribution is 7.98. The summed E-state index contributed by atoms with van der Waals surface area (Å²) in [7, 11) is 0. The maximum atomic E-state index is 5.70. The summed E-state index contributed by atoms with van der Waals surface area (Å²) in [5, 5.41) is 0.755. The lowest BCUT2D eigenvalue weighted by Crippen LogP contribution is -1.95. The molecule has 0 aliphatic heterocycles. The van der Waals surface area contributed by atoms with E-state index in [9.17, 15) is 0 Å². The molecular formula is C11H12N4S. The molecule has 2 aromatic rings. The second kappa shape index (κ2) is 4.85. The molecule has 0 radical (unpaired) electrons. The van der Waals surface area contributed by atoms with Crippen LogP contribution in [0.1, 0.15) is 5.56 Å². The summed E-state index contributed by atoms with van der Waals surface area (Å²) in [6.07, 6.45) is 3.22. The highest BCUT2D eigenvalue weighted by Gasteiger charge is 2.02. The Morgan fingerprint density at radius 3 is 2.69 bits per heavy atom. The first-order chi connectivity index (χ1) is 7.75. The fourth-order valence-electron chi connectivity index (χ4n) is 1.28. The summed E-state index contributed by atoms with van der Waals surface area (Å²) >= 11 is 1.55. The maximum Gasteiger partial charge on any atom is 0.156 e. The second-order valence-electron chi connectivity index (χ2n) is 3.28. The lowest BCUT2D eigenvalue weighted by Gasteiger charge is -2.03. The van der Waals surface area contributed by atoms with Crippen LogP contribution in [0.3, 0.4) is 0 Å².